The number of esters is 1. The van der Waals surface area contributed by atoms with Gasteiger partial charge in [-0.2, -0.15) is 0 Å². The van der Waals surface area contributed by atoms with Crippen molar-refractivity contribution in [3.8, 4) is 0 Å². The van der Waals surface area contributed by atoms with Gasteiger partial charge in [0.15, 0.2) is 0 Å². The zero-order valence-electron chi connectivity index (χ0n) is 9.45. The van der Waals surface area contributed by atoms with Crippen molar-refractivity contribution in [1.29, 1.82) is 0 Å². The van der Waals surface area contributed by atoms with Crippen LogP contribution in [0.3, 0.4) is 0 Å². The second kappa shape index (κ2) is 4.75. The maximum atomic E-state index is 10.5. The molecule has 0 aromatic carbocycles. The first kappa shape index (κ1) is 11.5. The third-order valence-corrected chi connectivity index (χ3v) is 2.76. The molecule has 0 amide bonds. The molecule has 1 fully saturated rings. The van der Waals surface area contributed by atoms with Gasteiger partial charge in [-0.1, -0.05) is 0 Å². The van der Waals surface area contributed by atoms with Gasteiger partial charge in [0, 0.05) is 26.6 Å². The van der Waals surface area contributed by atoms with Crippen molar-refractivity contribution in [3.05, 3.63) is 0 Å². The Morgan fingerprint density at radius 3 is 2.43 bits per heavy atom. The van der Waals surface area contributed by atoms with Gasteiger partial charge in [0.25, 0.3) is 0 Å². The lowest BCUT2D eigenvalue weighted by Gasteiger charge is -2.38. The molecule has 1 saturated heterocycles. The lowest BCUT2D eigenvalue weighted by molar-refractivity contribution is -0.894. The van der Waals surface area contributed by atoms with E-state index in [1.165, 1.54) is 20.0 Å². The van der Waals surface area contributed by atoms with Crippen LogP contribution in [0.15, 0.2) is 0 Å². The summed E-state index contributed by atoms with van der Waals surface area (Å²) in [5, 5.41) is 0. The Balaban J connectivity index is 2.13. The lowest BCUT2D eigenvalue weighted by atomic mass is 10.3. The van der Waals surface area contributed by atoms with Crippen molar-refractivity contribution in [2.45, 2.75) is 6.92 Å². The van der Waals surface area contributed by atoms with Crippen molar-refractivity contribution < 1.29 is 14.0 Å². The van der Waals surface area contributed by atoms with Crippen LogP contribution in [0.4, 0.5) is 0 Å². The molecular formula is C10H21N2O2+. The summed E-state index contributed by atoms with van der Waals surface area (Å²) in [5.74, 6) is -0.182. The van der Waals surface area contributed by atoms with E-state index in [-0.39, 0.29) is 5.97 Å². The maximum Gasteiger partial charge on any atom is 0.302 e. The Kier molecular flexibility index (Phi) is 3.89. The molecule has 1 aliphatic rings. The number of quaternary nitrogens is 1. The fourth-order valence-corrected chi connectivity index (χ4v) is 1.59. The zero-order chi connectivity index (χ0) is 10.6. The van der Waals surface area contributed by atoms with Crippen molar-refractivity contribution in [2.75, 3.05) is 53.4 Å². The Labute approximate surface area is 86.0 Å². The molecule has 1 heterocycles. The molecule has 14 heavy (non-hydrogen) atoms. The summed E-state index contributed by atoms with van der Waals surface area (Å²) < 4.78 is 6.01. The van der Waals surface area contributed by atoms with Gasteiger partial charge in [0.1, 0.15) is 6.61 Å². The number of nitrogens with zero attached hydrogens (tertiary/aromatic N) is 2. The molecule has 0 unspecified atom stereocenters. The summed E-state index contributed by atoms with van der Waals surface area (Å²) in [7, 11) is 4.51. The Hall–Kier alpha value is -0.610. The minimum Gasteiger partial charge on any atom is -0.465 e. The lowest BCUT2D eigenvalue weighted by Crippen LogP contribution is -2.55. The summed E-state index contributed by atoms with van der Waals surface area (Å²) in [4.78, 5) is 12.9. The molecule has 0 aliphatic carbocycles. The fraction of sp³-hybridized carbons (Fsp3) is 0.900. The SMILES string of the molecule is CC(=O)OCCN1CC[N+](C)(C)CC1. The molecule has 0 N–H and O–H groups in total. The van der Waals surface area contributed by atoms with Crippen LogP contribution in [-0.4, -0.2) is 68.8 Å². The van der Waals surface area contributed by atoms with Crippen molar-refractivity contribution in [1.82, 2.24) is 4.90 Å². The monoisotopic (exact) mass is 201 g/mol. The Morgan fingerprint density at radius 1 is 1.36 bits per heavy atom. The largest absolute Gasteiger partial charge is 0.465 e. The van der Waals surface area contributed by atoms with E-state index in [1.807, 2.05) is 0 Å². The molecule has 0 radical (unpaired) electrons. The normalized spacial score (nSPS) is 21.9. The number of carbonyl (C=O) groups excluding carboxylic acids is 1. The highest BCUT2D eigenvalue weighted by molar-refractivity contribution is 5.65. The van der Waals surface area contributed by atoms with Gasteiger partial charge in [0.05, 0.1) is 27.2 Å². The summed E-state index contributed by atoms with van der Waals surface area (Å²) in [6.07, 6.45) is 0. The van der Waals surface area contributed by atoms with Crippen LogP contribution in [0, 0.1) is 0 Å². The van der Waals surface area contributed by atoms with Gasteiger partial charge in [-0.3, -0.25) is 9.69 Å². The van der Waals surface area contributed by atoms with Gasteiger partial charge in [-0.25, -0.2) is 0 Å². The van der Waals surface area contributed by atoms with E-state index < -0.39 is 0 Å². The van der Waals surface area contributed by atoms with E-state index in [2.05, 4.69) is 19.0 Å². The van der Waals surface area contributed by atoms with Crippen LogP contribution in [0.25, 0.3) is 0 Å². The highest BCUT2D eigenvalue weighted by atomic mass is 16.5. The van der Waals surface area contributed by atoms with Crippen molar-refractivity contribution in [3.63, 3.8) is 0 Å². The Bertz CT molecular complexity index is 194. The van der Waals surface area contributed by atoms with Crippen molar-refractivity contribution in [2.24, 2.45) is 0 Å². The summed E-state index contributed by atoms with van der Waals surface area (Å²) in [5.41, 5.74) is 0. The van der Waals surface area contributed by atoms with Gasteiger partial charge in [-0.15, -0.1) is 0 Å². The predicted octanol–water partition coefficient (Wildman–Crippen LogP) is -0.0585. The first-order valence-corrected chi connectivity index (χ1v) is 5.17. The summed E-state index contributed by atoms with van der Waals surface area (Å²) in [6, 6.07) is 0. The van der Waals surface area contributed by atoms with E-state index in [0.29, 0.717) is 6.61 Å². The molecule has 1 rings (SSSR count). The molecule has 0 spiro atoms. The second-order valence-electron chi connectivity index (χ2n) is 4.56. The van der Waals surface area contributed by atoms with Gasteiger partial charge >= 0.3 is 5.97 Å². The smallest absolute Gasteiger partial charge is 0.302 e. The van der Waals surface area contributed by atoms with Gasteiger partial charge < -0.3 is 9.22 Å². The first-order chi connectivity index (χ1) is 6.49. The number of hydrogen-bond acceptors (Lipinski definition) is 3. The van der Waals surface area contributed by atoms with Crippen LogP contribution < -0.4 is 0 Å². The van der Waals surface area contributed by atoms with E-state index in [1.54, 1.807) is 0 Å². The highest BCUT2D eigenvalue weighted by Crippen LogP contribution is 2.05. The average molecular weight is 201 g/mol. The average Bonchev–Trinajstić information content (AvgIpc) is 2.07. The quantitative estimate of drug-likeness (QED) is 0.473. The number of ether oxygens (including phenoxy) is 1. The predicted molar refractivity (Wildman–Crippen MR) is 54.9 cm³/mol. The molecule has 0 saturated carbocycles. The molecule has 0 bridgehead atoms. The third kappa shape index (κ3) is 4.07. The van der Waals surface area contributed by atoms with E-state index in [4.69, 9.17) is 4.74 Å². The van der Waals surface area contributed by atoms with Crippen LogP contribution in [0.1, 0.15) is 6.92 Å². The number of hydrogen-bond donors (Lipinski definition) is 0. The maximum absolute atomic E-state index is 10.5. The van der Waals surface area contributed by atoms with Crippen LogP contribution in [0.2, 0.25) is 0 Å². The minimum atomic E-state index is -0.182. The first-order valence-electron chi connectivity index (χ1n) is 5.17. The zero-order valence-corrected chi connectivity index (χ0v) is 9.45. The molecule has 0 aromatic heterocycles. The summed E-state index contributed by atoms with van der Waals surface area (Å²) >= 11 is 0. The molecule has 1 aliphatic heterocycles. The fourth-order valence-electron chi connectivity index (χ4n) is 1.59. The molecular weight excluding hydrogens is 180 g/mol. The van der Waals surface area contributed by atoms with Crippen LogP contribution in [0.5, 0.6) is 0 Å². The van der Waals surface area contributed by atoms with Gasteiger partial charge in [0.2, 0.25) is 0 Å². The molecule has 0 atom stereocenters. The van der Waals surface area contributed by atoms with Crippen LogP contribution in [-0.2, 0) is 9.53 Å². The number of carbonyl (C=O) groups is 1. The van der Waals surface area contributed by atoms with Gasteiger partial charge in [-0.05, 0) is 0 Å². The van der Waals surface area contributed by atoms with E-state index in [9.17, 15) is 4.79 Å². The topological polar surface area (TPSA) is 29.5 Å². The third-order valence-electron chi connectivity index (χ3n) is 2.76. The number of rotatable bonds is 3. The highest BCUT2D eigenvalue weighted by Gasteiger charge is 2.23. The molecule has 4 nitrogen and oxygen atoms in total. The standard InChI is InChI=1S/C10H21N2O2/c1-10(13)14-9-6-11-4-7-12(2,3)8-5-11/h4-9H2,1-3H3/q+1. The number of likely N-dealkylation sites (N-methyl/N-ethyl adjacent to an activating group) is 1. The van der Waals surface area contributed by atoms with Crippen molar-refractivity contribution >= 4 is 5.97 Å². The molecule has 4 heteroatoms. The minimum absolute atomic E-state index is 0.182. The molecule has 0 aromatic rings. The van der Waals surface area contributed by atoms with Crippen LogP contribution >= 0.6 is 0 Å². The van der Waals surface area contributed by atoms with E-state index >= 15 is 0 Å². The second-order valence-corrected chi connectivity index (χ2v) is 4.56. The summed E-state index contributed by atoms with van der Waals surface area (Å²) in [6.45, 7) is 7.43. The number of piperazine rings is 1. The van der Waals surface area contributed by atoms with E-state index in [0.717, 1.165) is 24.1 Å². The molecule has 82 valence electrons. The Morgan fingerprint density at radius 2 is 1.93 bits per heavy atom.